The monoisotopic (exact) mass is 280 g/mol. The van der Waals surface area contributed by atoms with Gasteiger partial charge < -0.3 is 10.2 Å². The number of nitrogens with one attached hydrogen (secondary N) is 1. The SMILES string of the molecule is CNCC1(CN2CCC(C(C)C)CC2)CCCC(C)C1. The van der Waals surface area contributed by atoms with Crippen LogP contribution in [0.4, 0.5) is 0 Å². The normalized spacial score (nSPS) is 33.8. The Bertz CT molecular complexity index is 277. The summed E-state index contributed by atoms with van der Waals surface area (Å²) in [5, 5.41) is 3.49. The summed E-state index contributed by atoms with van der Waals surface area (Å²) >= 11 is 0. The number of rotatable bonds is 5. The molecule has 0 radical (unpaired) electrons. The second-order valence-electron chi connectivity index (χ2n) is 8.09. The van der Waals surface area contributed by atoms with E-state index in [-0.39, 0.29) is 0 Å². The molecule has 1 aliphatic carbocycles. The van der Waals surface area contributed by atoms with Gasteiger partial charge in [0.1, 0.15) is 0 Å². The fourth-order valence-electron chi connectivity index (χ4n) is 4.76. The van der Waals surface area contributed by atoms with Crippen LogP contribution < -0.4 is 5.32 Å². The smallest absolute Gasteiger partial charge is 0.00502 e. The molecule has 2 fully saturated rings. The first-order valence-electron chi connectivity index (χ1n) is 8.91. The van der Waals surface area contributed by atoms with Crippen molar-refractivity contribution in [2.24, 2.45) is 23.2 Å². The third-order valence-electron chi connectivity index (χ3n) is 5.87. The van der Waals surface area contributed by atoms with Crippen molar-refractivity contribution in [2.45, 2.75) is 59.3 Å². The molecule has 0 aromatic rings. The van der Waals surface area contributed by atoms with E-state index in [4.69, 9.17) is 0 Å². The lowest BCUT2D eigenvalue weighted by Gasteiger charge is -2.45. The lowest BCUT2D eigenvalue weighted by molar-refractivity contribution is 0.0570. The standard InChI is InChI=1S/C18H36N2/c1-15(2)17-7-10-20(11-8-17)14-18(13-19-4)9-5-6-16(3)12-18/h15-17,19H,5-14H2,1-4H3. The highest BCUT2D eigenvalue weighted by Gasteiger charge is 2.36. The average Bonchev–Trinajstić information content (AvgIpc) is 2.39. The molecule has 2 aliphatic rings. The average molecular weight is 280 g/mol. The van der Waals surface area contributed by atoms with Gasteiger partial charge in [0.15, 0.2) is 0 Å². The molecule has 1 saturated heterocycles. The topological polar surface area (TPSA) is 15.3 Å². The van der Waals surface area contributed by atoms with Gasteiger partial charge in [-0.05, 0) is 69.0 Å². The molecule has 0 bridgehead atoms. The Morgan fingerprint density at radius 2 is 1.90 bits per heavy atom. The maximum absolute atomic E-state index is 3.49. The van der Waals surface area contributed by atoms with Gasteiger partial charge in [0.05, 0.1) is 0 Å². The summed E-state index contributed by atoms with van der Waals surface area (Å²) in [6.45, 7) is 12.5. The van der Waals surface area contributed by atoms with E-state index in [0.717, 1.165) is 17.8 Å². The van der Waals surface area contributed by atoms with Gasteiger partial charge in [-0.25, -0.2) is 0 Å². The largest absolute Gasteiger partial charge is 0.319 e. The molecular weight excluding hydrogens is 244 g/mol. The molecule has 0 aromatic heterocycles. The Morgan fingerprint density at radius 3 is 2.45 bits per heavy atom. The zero-order valence-electron chi connectivity index (χ0n) is 14.3. The first kappa shape index (κ1) is 16.3. The maximum Gasteiger partial charge on any atom is 0.00502 e. The second kappa shape index (κ2) is 7.26. The molecule has 0 spiro atoms. The van der Waals surface area contributed by atoms with Gasteiger partial charge >= 0.3 is 0 Å². The zero-order chi connectivity index (χ0) is 14.6. The van der Waals surface area contributed by atoms with Gasteiger partial charge in [-0.3, -0.25) is 0 Å². The summed E-state index contributed by atoms with van der Waals surface area (Å²) in [5.41, 5.74) is 0.553. The molecule has 118 valence electrons. The Hall–Kier alpha value is -0.0800. The number of likely N-dealkylation sites (tertiary alicyclic amines) is 1. The molecule has 1 heterocycles. The molecule has 20 heavy (non-hydrogen) atoms. The van der Waals surface area contributed by atoms with Crippen molar-refractivity contribution in [3.63, 3.8) is 0 Å². The highest BCUT2D eigenvalue weighted by atomic mass is 15.1. The van der Waals surface area contributed by atoms with E-state index in [9.17, 15) is 0 Å². The highest BCUT2D eigenvalue weighted by Crippen LogP contribution is 2.40. The molecule has 1 saturated carbocycles. The van der Waals surface area contributed by atoms with Gasteiger partial charge in [-0.2, -0.15) is 0 Å². The van der Waals surface area contributed by atoms with Crippen molar-refractivity contribution in [3.8, 4) is 0 Å². The van der Waals surface area contributed by atoms with E-state index in [0.29, 0.717) is 5.41 Å². The van der Waals surface area contributed by atoms with Crippen LogP contribution in [-0.4, -0.2) is 38.1 Å². The third-order valence-corrected chi connectivity index (χ3v) is 5.87. The number of piperidine rings is 1. The van der Waals surface area contributed by atoms with Gasteiger partial charge in [0, 0.05) is 13.1 Å². The molecule has 2 unspecified atom stereocenters. The Labute approximate surface area is 126 Å². The molecule has 1 aliphatic heterocycles. The molecular formula is C18H36N2. The van der Waals surface area contributed by atoms with Crippen LogP contribution in [0.25, 0.3) is 0 Å². The summed E-state index contributed by atoms with van der Waals surface area (Å²) in [4.78, 5) is 2.77. The number of hydrogen-bond acceptors (Lipinski definition) is 2. The van der Waals surface area contributed by atoms with Crippen molar-refractivity contribution in [1.29, 1.82) is 0 Å². The Kier molecular flexibility index (Phi) is 5.92. The van der Waals surface area contributed by atoms with Crippen LogP contribution in [0.1, 0.15) is 59.3 Å². The maximum atomic E-state index is 3.49. The second-order valence-corrected chi connectivity index (χ2v) is 8.09. The fraction of sp³-hybridized carbons (Fsp3) is 1.00. The molecule has 2 atom stereocenters. The Balaban J connectivity index is 1.89. The molecule has 2 heteroatoms. The summed E-state index contributed by atoms with van der Waals surface area (Å²) in [6.07, 6.45) is 8.58. The van der Waals surface area contributed by atoms with Crippen molar-refractivity contribution in [3.05, 3.63) is 0 Å². The van der Waals surface area contributed by atoms with Crippen LogP contribution in [-0.2, 0) is 0 Å². The summed E-state index contributed by atoms with van der Waals surface area (Å²) in [5.74, 6) is 2.76. The van der Waals surface area contributed by atoms with Crippen molar-refractivity contribution < 1.29 is 0 Å². The lowest BCUT2D eigenvalue weighted by Crippen LogP contribution is -2.48. The summed E-state index contributed by atoms with van der Waals surface area (Å²) < 4.78 is 0. The van der Waals surface area contributed by atoms with Gasteiger partial charge in [0.2, 0.25) is 0 Å². The van der Waals surface area contributed by atoms with Crippen molar-refractivity contribution in [2.75, 3.05) is 33.2 Å². The van der Waals surface area contributed by atoms with E-state index in [1.165, 1.54) is 64.7 Å². The van der Waals surface area contributed by atoms with Crippen LogP contribution in [0.3, 0.4) is 0 Å². The molecule has 2 nitrogen and oxygen atoms in total. The fourth-order valence-corrected chi connectivity index (χ4v) is 4.76. The lowest BCUT2D eigenvalue weighted by atomic mass is 9.69. The summed E-state index contributed by atoms with van der Waals surface area (Å²) in [7, 11) is 2.13. The predicted octanol–water partition coefficient (Wildman–Crippen LogP) is 3.77. The minimum Gasteiger partial charge on any atom is -0.319 e. The highest BCUT2D eigenvalue weighted by molar-refractivity contribution is 4.90. The minimum absolute atomic E-state index is 0.553. The van der Waals surface area contributed by atoms with E-state index in [1.54, 1.807) is 0 Å². The molecule has 1 N–H and O–H groups in total. The van der Waals surface area contributed by atoms with E-state index in [2.05, 4.69) is 38.0 Å². The van der Waals surface area contributed by atoms with Crippen LogP contribution in [0.2, 0.25) is 0 Å². The van der Waals surface area contributed by atoms with Gasteiger partial charge in [0.25, 0.3) is 0 Å². The van der Waals surface area contributed by atoms with Crippen LogP contribution in [0, 0.1) is 23.2 Å². The summed E-state index contributed by atoms with van der Waals surface area (Å²) in [6, 6.07) is 0. The van der Waals surface area contributed by atoms with Gasteiger partial charge in [-0.15, -0.1) is 0 Å². The number of nitrogens with zero attached hydrogens (tertiary/aromatic N) is 1. The third kappa shape index (κ3) is 4.21. The first-order valence-corrected chi connectivity index (χ1v) is 8.91. The van der Waals surface area contributed by atoms with Crippen LogP contribution in [0.5, 0.6) is 0 Å². The molecule has 0 aromatic carbocycles. The molecule has 2 rings (SSSR count). The Morgan fingerprint density at radius 1 is 1.20 bits per heavy atom. The number of hydrogen-bond donors (Lipinski definition) is 1. The van der Waals surface area contributed by atoms with E-state index < -0.39 is 0 Å². The van der Waals surface area contributed by atoms with Crippen molar-refractivity contribution >= 4 is 0 Å². The first-order chi connectivity index (χ1) is 9.54. The minimum atomic E-state index is 0.553. The van der Waals surface area contributed by atoms with Gasteiger partial charge in [-0.1, -0.05) is 33.6 Å². The van der Waals surface area contributed by atoms with E-state index in [1.807, 2.05) is 0 Å². The van der Waals surface area contributed by atoms with E-state index >= 15 is 0 Å². The molecule has 0 amide bonds. The quantitative estimate of drug-likeness (QED) is 0.824. The van der Waals surface area contributed by atoms with Crippen LogP contribution in [0.15, 0.2) is 0 Å². The zero-order valence-corrected chi connectivity index (χ0v) is 14.3. The van der Waals surface area contributed by atoms with Crippen molar-refractivity contribution in [1.82, 2.24) is 10.2 Å². The van der Waals surface area contributed by atoms with Crippen LogP contribution >= 0.6 is 0 Å². The predicted molar refractivity (Wildman–Crippen MR) is 88.0 cm³/mol.